The standard InChI is InChI=1S/C21H21ClN2O3/c1-14(25)16-4-8-18(9-5-16)24-20(27)21(11-12-21)19(26)23-13-10-15-2-6-17(22)7-3-15/h2-9H,10-13H2,1H3,(H,23,26)(H,24,27). The van der Waals surface area contributed by atoms with Crippen molar-refractivity contribution in [1.82, 2.24) is 5.32 Å². The first-order valence-electron chi connectivity index (χ1n) is 8.86. The molecule has 2 aromatic rings. The number of nitrogens with one attached hydrogen (secondary N) is 2. The summed E-state index contributed by atoms with van der Waals surface area (Å²) < 4.78 is 0. The molecule has 1 aliphatic carbocycles. The zero-order valence-electron chi connectivity index (χ0n) is 15.0. The summed E-state index contributed by atoms with van der Waals surface area (Å²) in [5.74, 6) is -0.581. The van der Waals surface area contributed by atoms with Gasteiger partial charge in [0.15, 0.2) is 5.78 Å². The van der Waals surface area contributed by atoms with E-state index in [4.69, 9.17) is 11.6 Å². The van der Waals surface area contributed by atoms with Gasteiger partial charge in [-0.05, 0) is 68.1 Å². The zero-order chi connectivity index (χ0) is 19.4. The van der Waals surface area contributed by atoms with Crippen molar-refractivity contribution in [2.45, 2.75) is 26.2 Å². The van der Waals surface area contributed by atoms with E-state index in [2.05, 4.69) is 10.6 Å². The number of halogens is 1. The molecule has 0 aliphatic heterocycles. The van der Waals surface area contributed by atoms with Crippen molar-refractivity contribution in [2.24, 2.45) is 5.41 Å². The molecule has 2 N–H and O–H groups in total. The molecule has 5 nitrogen and oxygen atoms in total. The first-order chi connectivity index (χ1) is 12.9. The van der Waals surface area contributed by atoms with Crippen LogP contribution in [0.15, 0.2) is 48.5 Å². The first-order valence-corrected chi connectivity index (χ1v) is 9.24. The summed E-state index contributed by atoms with van der Waals surface area (Å²) in [4.78, 5) is 36.4. The number of carbonyl (C=O) groups is 3. The van der Waals surface area contributed by atoms with Crippen LogP contribution >= 0.6 is 11.6 Å². The van der Waals surface area contributed by atoms with Crippen molar-refractivity contribution in [3.05, 3.63) is 64.7 Å². The minimum absolute atomic E-state index is 0.0356. The van der Waals surface area contributed by atoms with Gasteiger partial charge in [0.05, 0.1) is 0 Å². The van der Waals surface area contributed by atoms with Gasteiger partial charge in [0.1, 0.15) is 5.41 Å². The normalized spacial score (nSPS) is 14.3. The minimum atomic E-state index is -0.987. The van der Waals surface area contributed by atoms with Crippen molar-refractivity contribution >= 4 is 34.9 Å². The summed E-state index contributed by atoms with van der Waals surface area (Å²) >= 11 is 5.86. The lowest BCUT2D eigenvalue weighted by atomic mass is 10.0. The second kappa shape index (κ2) is 7.92. The van der Waals surface area contributed by atoms with Gasteiger partial charge in [-0.1, -0.05) is 23.7 Å². The monoisotopic (exact) mass is 384 g/mol. The van der Waals surface area contributed by atoms with Gasteiger partial charge in [-0.2, -0.15) is 0 Å². The van der Waals surface area contributed by atoms with Crippen LogP contribution in [0.25, 0.3) is 0 Å². The number of hydrogen-bond acceptors (Lipinski definition) is 3. The van der Waals surface area contributed by atoms with Crippen LogP contribution in [0.2, 0.25) is 5.02 Å². The van der Waals surface area contributed by atoms with E-state index >= 15 is 0 Å². The van der Waals surface area contributed by atoms with Crippen LogP contribution in [-0.2, 0) is 16.0 Å². The Kier molecular flexibility index (Phi) is 5.61. The highest BCUT2D eigenvalue weighted by Gasteiger charge is 2.56. The molecule has 1 saturated carbocycles. The van der Waals surface area contributed by atoms with E-state index in [1.165, 1.54) is 6.92 Å². The predicted octanol–water partition coefficient (Wildman–Crippen LogP) is 3.62. The highest BCUT2D eigenvalue weighted by Crippen LogP contribution is 2.46. The highest BCUT2D eigenvalue weighted by atomic mass is 35.5. The molecular formula is C21H21ClN2O3. The number of carbonyl (C=O) groups excluding carboxylic acids is 3. The lowest BCUT2D eigenvalue weighted by molar-refractivity contribution is -0.134. The second-order valence-electron chi connectivity index (χ2n) is 6.80. The van der Waals surface area contributed by atoms with E-state index in [9.17, 15) is 14.4 Å². The summed E-state index contributed by atoms with van der Waals surface area (Å²) in [7, 11) is 0. The van der Waals surface area contributed by atoms with Crippen LogP contribution in [0, 0.1) is 5.41 Å². The van der Waals surface area contributed by atoms with E-state index in [1.807, 2.05) is 24.3 Å². The van der Waals surface area contributed by atoms with Crippen LogP contribution < -0.4 is 10.6 Å². The third-order valence-corrected chi connectivity index (χ3v) is 5.03. The SMILES string of the molecule is CC(=O)c1ccc(NC(=O)C2(C(=O)NCCc3ccc(Cl)cc3)CC2)cc1. The lowest BCUT2D eigenvalue weighted by Crippen LogP contribution is -2.40. The van der Waals surface area contributed by atoms with Crippen LogP contribution in [0.5, 0.6) is 0 Å². The molecule has 140 valence electrons. The van der Waals surface area contributed by atoms with E-state index in [0.717, 1.165) is 5.56 Å². The lowest BCUT2D eigenvalue weighted by Gasteiger charge is -2.15. The van der Waals surface area contributed by atoms with Crippen molar-refractivity contribution in [1.29, 1.82) is 0 Å². The molecule has 2 aromatic carbocycles. The van der Waals surface area contributed by atoms with E-state index in [0.29, 0.717) is 42.1 Å². The number of benzene rings is 2. The molecule has 2 amide bonds. The van der Waals surface area contributed by atoms with Crippen LogP contribution in [-0.4, -0.2) is 24.1 Å². The molecule has 0 unspecified atom stereocenters. The largest absolute Gasteiger partial charge is 0.355 e. The summed E-state index contributed by atoms with van der Waals surface area (Å²) in [5.41, 5.74) is 1.23. The Hall–Kier alpha value is -2.66. The van der Waals surface area contributed by atoms with Gasteiger partial charge in [-0.3, -0.25) is 14.4 Å². The number of hydrogen-bond donors (Lipinski definition) is 2. The van der Waals surface area contributed by atoms with E-state index in [-0.39, 0.29) is 17.6 Å². The van der Waals surface area contributed by atoms with Gasteiger partial charge in [-0.25, -0.2) is 0 Å². The number of amides is 2. The summed E-state index contributed by atoms with van der Waals surface area (Å²) in [5, 5.41) is 6.32. The third kappa shape index (κ3) is 4.55. The predicted molar refractivity (Wildman–Crippen MR) is 105 cm³/mol. The smallest absolute Gasteiger partial charge is 0.240 e. The fraction of sp³-hybridized carbons (Fsp3) is 0.286. The zero-order valence-corrected chi connectivity index (χ0v) is 15.8. The van der Waals surface area contributed by atoms with Crippen molar-refractivity contribution in [3.8, 4) is 0 Å². The Labute approximate surface area is 163 Å². The van der Waals surface area contributed by atoms with Crippen molar-refractivity contribution in [2.75, 3.05) is 11.9 Å². The summed E-state index contributed by atoms with van der Waals surface area (Å²) in [6.45, 7) is 1.95. The quantitative estimate of drug-likeness (QED) is 0.565. The molecule has 3 rings (SSSR count). The van der Waals surface area contributed by atoms with E-state index in [1.54, 1.807) is 24.3 Å². The van der Waals surface area contributed by atoms with E-state index < -0.39 is 5.41 Å². The van der Waals surface area contributed by atoms with Gasteiger partial charge in [0.2, 0.25) is 11.8 Å². The van der Waals surface area contributed by atoms with Gasteiger partial charge < -0.3 is 10.6 Å². The van der Waals surface area contributed by atoms with Crippen molar-refractivity contribution < 1.29 is 14.4 Å². The molecule has 27 heavy (non-hydrogen) atoms. The van der Waals surface area contributed by atoms with Crippen LogP contribution in [0.4, 0.5) is 5.69 Å². The number of anilines is 1. The molecule has 0 saturated heterocycles. The maximum Gasteiger partial charge on any atom is 0.240 e. The average Bonchev–Trinajstić information content (AvgIpc) is 3.46. The molecule has 0 heterocycles. The molecule has 1 fully saturated rings. The van der Waals surface area contributed by atoms with Crippen LogP contribution in [0.1, 0.15) is 35.7 Å². The van der Waals surface area contributed by atoms with Crippen LogP contribution in [0.3, 0.4) is 0 Å². The topological polar surface area (TPSA) is 75.3 Å². The highest BCUT2D eigenvalue weighted by molar-refractivity contribution is 6.30. The van der Waals surface area contributed by atoms with Gasteiger partial charge in [0.25, 0.3) is 0 Å². The molecule has 1 aliphatic rings. The Morgan fingerprint density at radius 1 is 0.963 bits per heavy atom. The van der Waals surface area contributed by atoms with Crippen molar-refractivity contribution in [3.63, 3.8) is 0 Å². The maximum atomic E-state index is 12.6. The molecule has 6 heteroatoms. The fourth-order valence-corrected chi connectivity index (χ4v) is 2.99. The number of ketones is 1. The Bertz CT molecular complexity index is 856. The second-order valence-corrected chi connectivity index (χ2v) is 7.24. The van der Waals surface area contributed by atoms with Gasteiger partial charge in [0, 0.05) is 22.8 Å². The molecule has 0 aromatic heterocycles. The molecule has 0 radical (unpaired) electrons. The number of Topliss-reactive ketones (excluding diaryl/α,β-unsaturated/α-hetero) is 1. The average molecular weight is 385 g/mol. The Morgan fingerprint density at radius 2 is 1.59 bits per heavy atom. The number of rotatable bonds is 7. The van der Waals surface area contributed by atoms with Gasteiger partial charge in [-0.15, -0.1) is 0 Å². The van der Waals surface area contributed by atoms with Gasteiger partial charge >= 0.3 is 0 Å². The fourth-order valence-electron chi connectivity index (χ4n) is 2.86. The maximum absolute atomic E-state index is 12.6. The summed E-state index contributed by atoms with van der Waals surface area (Å²) in [6.07, 6.45) is 1.75. The Morgan fingerprint density at radius 3 is 2.15 bits per heavy atom. The minimum Gasteiger partial charge on any atom is -0.355 e. The third-order valence-electron chi connectivity index (χ3n) is 4.78. The summed E-state index contributed by atoms with van der Waals surface area (Å²) in [6, 6.07) is 14.1. The Balaban J connectivity index is 1.53. The molecule has 0 atom stereocenters. The molecule has 0 spiro atoms. The molecular weight excluding hydrogens is 364 g/mol. The molecule has 0 bridgehead atoms. The first kappa shape index (κ1) is 19.1.